The normalized spacial score (nSPS) is 10.3. The molecule has 0 spiro atoms. The lowest BCUT2D eigenvalue weighted by Crippen LogP contribution is -2.30. The first-order valence-electron chi connectivity index (χ1n) is 6.37. The van der Waals surface area contributed by atoms with Gasteiger partial charge in [-0.15, -0.1) is 0 Å². The topological polar surface area (TPSA) is 107 Å². The van der Waals surface area contributed by atoms with Crippen molar-refractivity contribution < 1.29 is 9.59 Å². The summed E-state index contributed by atoms with van der Waals surface area (Å²) in [5.41, 5.74) is 12.0. The van der Waals surface area contributed by atoms with Crippen LogP contribution in [0.15, 0.2) is 36.5 Å². The highest BCUT2D eigenvalue weighted by Gasteiger charge is 2.11. The van der Waals surface area contributed by atoms with Gasteiger partial charge in [-0.2, -0.15) is 5.10 Å². The first kappa shape index (κ1) is 14.6. The molecule has 0 fully saturated rings. The van der Waals surface area contributed by atoms with E-state index in [-0.39, 0.29) is 12.5 Å². The minimum absolute atomic E-state index is 0.0860. The standard InChI is InChI=1S/C14H17N5O2/c1-18(13(20)9-19-7-6-12(15)17-19)8-10-2-4-11(5-3-10)14(16)21/h2-7H,8-9H2,1H3,(H2,15,17)(H2,16,21). The second kappa shape index (κ2) is 6.08. The van der Waals surface area contributed by atoms with Crippen molar-refractivity contribution >= 4 is 17.6 Å². The summed E-state index contributed by atoms with van der Waals surface area (Å²) < 4.78 is 1.49. The van der Waals surface area contributed by atoms with Crippen molar-refractivity contribution in [3.63, 3.8) is 0 Å². The first-order valence-corrected chi connectivity index (χ1v) is 6.37. The highest BCUT2D eigenvalue weighted by Crippen LogP contribution is 2.07. The average molecular weight is 287 g/mol. The van der Waals surface area contributed by atoms with Crippen LogP contribution in [0, 0.1) is 0 Å². The highest BCUT2D eigenvalue weighted by molar-refractivity contribution is 5.92. The van der Waals surface area contributed by atoms with Crippen molar-refractivity contribution in [2.75, 3.05) is 12.8 Å². The zero-order valence-electron chi connectivity index (χ0n) is 11.7. The fourth-order valence-electron chi connectivity index (χ4n) is 1.86. The summed E-state index contributed by atoms with van der Waals surface area (Å²) in [4.78, 5) is 24.6. The molecule has 0 aliphatic heterocycles. The van der Waals surface area contributed by atoms with E-state index in [9.17, 15) is 9.59 Å². The number of nitrogens with two attached hydrogens (primary N) is 2. The van der Waals surface area contributed by atoms with Gasteiger partial charge >= 0.3 is 0 Å². The van der Waals surface area contributed by atoms with Gasteiger partial charge in [0.2, 0.25) is 11.8 Å². The number of hydrogen-bond donors (Lipinski definition) is 2. The molecule has 1 aromatic carbocycles. The summed E-state index contributed by atoms with van der Waals surface area (Å²) >= 11 is 0. The van der Waals surface area contributed by atoms with Crippen molar-refractivity contribution in [3.8, 4) is 0 Å². The summed E-state index contributed by atoms with van der Waals surface area (Å²) in [5.74, 6) is -0.174. The Balaban J connectivity index is 1.95. The van der Waals surface area contributed by atoms with Crippen molar-refractivity contribution in [2.24, 2.45) is 5.73 Å². The molecular formula is C14H17N5O2. The van der Waals surface area contributed by atoms with Crippen molar-refractivity contribution in [1.82, 2.24) is 14.7 Å². The molecule has 0 atom stereocenters. The highest BCUT2D eigenvalue weighted by atomic mass is 16.2. The van der Waals surface area contributed by atoms with Crippen LogP contribution in [-0.4, -0.2) is 33.5 Å². The Hall–Kier alpha value is -2.83. The van der Waals surface area contributed by atoms with Gasteiger partial charge in [0.15, 0.2) is 0 Å². The van der Waals surface area contributed by atoms with Crippen molar-refractivity contribution in [3.05, 3.63) is 47.7 Å². The molecule has 21 heavy (non-hydrogen) atoms. The van der Waals surface area contributed by atoms with E-state index >= 15 is 0 Å². The van der Waals surface area contributed by atoms with Crippen LogP contribution in [0.5, 0.6) is 0 Å². The van der Waals surface area contributed by atoms with Crippen LogP contribution in [-0.2, 0) is 17.9 Å². The molecule has 0 saturated carbocycles. The van der Waals surface area contributed by atoms with Crippen LogP contribution in [0.1, 0.15) is 15.9 Å². The predicted molar refractivity (Wildman–Crippen MR) is 78.1 cm³/mol. The molecule has 4 N–H and O–H groups in total. The molecule has 1 heterocycles. The summed E-state index contributed by atoms with van der Waals surface area (Å²) in [6, 6.07) is 8.47. The Bertz CT molecular complexity index is 648. The van der Waals surface area contributed by atoms with Gasteiger partial charge < -0.3 is 16.4 Å². The Kier molecular flexibility index (Phi) is 4.22. The molecule has 0 bridgehead atoms. The molecule has 0 radical (unpaired) electrons. The van der Waals surface area contributed by atoms with Crippen LogP contribution < -0.4 is 11.5 Å². The smallest absolute Gasteiger partial charge is 0.248 e. The molecular weight excluding hydrogens is 270 g/mol. The first-order chi connectivity index (χ1) is 9.95. The fourth-order valence-corrected chi connectivity index (χ4v) is 1.86. The molecule has 7 nitrogen and oxygen atoms in total. The van der Waals surface area contributed by atoms with E-state index in [1.165, 1.54) is 4.68 Å². The zero-order valence-corrected chi connectivity index (χ0v) is 11.7. The second-order valence-corrected chi connectivity index (χ2v) is 4.75. The molecule has 0 aliphatic carbocycles. The SMILES string of the molecule is CN(Cc1ccc(C(N)=O)cc1)C(=O)Cn1ccc(N)n1. The number of anilines is 1. The van der Waals surface area contributed by atoms with Crippen LogP contribution in [0.2, 0.25) is 0 Å². The molecule has 7 heteroatoms. The molecule has 0 saturated heterocycles. The Morgan fingerprint density at radius 3 is 2.43 bits per heavy atom. The molecule has 2 rings (SSSR count). The third kappa shape index (κ3) is 3.82. The minimum Gasteiger partial charge on any atom is -0.382 e. The van der Waals surface area contributed by atoms with E-state index in [0.717, 1.165) is 5.56 Å². The average Bonchev–Trinajstić information content (AvgIpc) is 2.84. The quantitative estimate of drug-likeness (QED) is 0.820. The number of rotatable bonds is 5. The zero-order chi connectivity index (χ0) is 15.4. The molecule has 0 aliphatic rings. The van der Waals surface area contributed by atoms with Gasteiger partial charge in [-0.25, -0.2) is 0 Å². The number of carbonyl (C=O) groups excluding carboxylic acids is 2. The largest absolute Gasteiger partial charge is 0.382 e. The van der Waals surface area contributed by atoms with Gasteiger partial charge in [-0.1, -0.05) is 12.1 Å². The number of nitrogens with zero attached hydrogens (tertiary/aromatic N) is 3. The molecule has 110 valence electrons. The second-order valence-electron chi connectivity index (χ2n) is 4.75. The van der Waals surface area contributed by atoms with E-state index in [2.05, 4.69) is 5.10 Å². The molecule has 2 aromatic rings. The Morgan fingerprint density at radius 2 is 1.90 bits per heavy atom. The monoisotopic (exact) mass is 287 g/mol. The number of hydrogen-bond acceptors (Lipinski definition) is 4. The maximum absolute atomic E-state index is 12.1. The van der Waals surface area contributed by atoms with Gasteiger partial charge in [0.25, 0.3) is 0 Å². The third-order valence-electron chi connectivity index (χ3n) is 3.04. The van der Waals surface area contributed by atoms with Crippen molar-refractivity contribution in [2.45, 2.75) is 13.1 Å². The minimum atomic E-state index is -0.470. The van der Waals surface area contributed by atoms with E-state index in [1.807, 2.05) is 0 Å². The fraction of sp³-hybridized carbons (Fsp3) is 0.214. The van der Waals surface area contributed by atoms with Crippen LogP contribution in [0.4, 0.5) is 5.82 Å². The summed E-state index contributed by atoms with van der Waals surface area (Å²) in [6.07, 6.45) is 1.66. The van der Waals surface area contributed by atoms with Gasteiger partial charge in [0.05, 0.1) is 0 Å². The Labute approximate surface area is 122 Å². The van der Waals surface area contributed by atoms with E-state index in [4.69, 9.17) is 11.5 Å². The lowest BCUT2D eigenvalue weighted by atomic mass is 10.1. The number of aromatic nitrogens is 2. The van der Waals surface area contributed by atoms with Gasteiger partial charge in [0.1, 0.15) is 12.4 Å². The molecule has 1 aromatic heterocycles. The summed E-state index contributed by atoms with van der Waals surface area (Å²) in [7, 11) is 1.71. The van der Waals surface area contributed by atoms with E-state index in [0.29, 0.717) is 17.9 Å². The lowest BCUT2D eigenvalue weighted by molar-refractivity contribution is -0.131. The van der Waals surface area contributed by atoms with E-state index < -0.39 is 5.91 Å². The van der Waals surface area contributed by atoms with Crippen LogP contribution in [0.25, 0.3) is 0 Å². The van der Waals surface area contributed by atoms with Gasteiger partial charge in [0, 0.05) is 25.4 Å². The van der Waals surface area contributed by atoms with Gasteiger partial charge in [-0.3, -0.25) is 14.3 Å². The summed E-state index contributed by atoms with van der Waals surface area (Å²) in [6.45, 7) is 0.571. The maximum Gasteiger partial charge on any atom is 0.248 e. The lowest BCUT2D eigenvalue weighted by Gasteiger charge is -2.17. The van der Waals surface area contributed by atoms with Crippen LogP contribution >= 0.6 is 0 Å². The third-order valence-corrected chi connectivity index (χ3v) is 3.04. The van der Waals surface area contributed by atoms with E-state index in [1.54, 1.807) is 48.5 Å². The molecule has 2 amide bonds. The predicted octanol–water partition coefficient (Wildman–Crippen LogP) is 0.223. The summed E-state index contributed by atoms with van der Waals surface area (Å²) in [5, 5.41) is 3.97. The number of benzene rings is 1. The number of likely N-dealkylation sites (N-methyl/N-ethyl adjacent to an activating group) is 1. The Morgan fingerprint density at radius 1 is 1.24 bits per heavy atom. The molecule has 0 unspecified atom stereocenters. The number of primary amides is 1. The number of nitrogen functional groups attached to an aromatic ring is 1. The van der Waals surface area contributed by atoms with Crippen molar-refractivity contribution in [1.29, 1.82) is 0 Å². The van der Waals surface area contributed by atoms with Crippen LogP contribution in [0.3, 0.4) is 0 Å². The number of amides is 2. The maximum atomic E-state index is 12.1. The number of carbonyl (C=O) groups is 2. The van der Waals surface area contributed by atoms with Gasteiger partial charge in [-0.05, 0) is 23.8 Å².